The summed E-state index contributed by atoms with van der Waals surface area (Å²) >= 11 is 17.6. The first-order chi connectivity index (χ1) is 10.8. The Morgan fingerprint density at radius 3 is 2.39 bits per heavy atom. The first-order valence-corrected chi connectivity index (χ1v) is 7.26. The molecule has 0 aliphatic rings. The number of anilines is 1. The van der Waals surface area contributed by atoms with Gasteiger partial charge >= 0.3 is 0 Å². The van der Waals surface area contributed by atoms with Gasteiger partial charge in [-0.2, -0.15) is 5.10 Å². The molecule has 2 aromatic rings. The van der Waals surface area contributed by atoms with Gasteiger partial charge in [0.1, 0.15) is 16.5 Å². The van der Waals surface area contributed by atoms with Crippen LogP contribution in [0.15, 0.2) is 29.4 Å². The maximum absolute atomic E-state index is 12.9. The molecule has 0 aliphatic heterocycles. The minimum Gasteiger partial charge on any atom is -0.543 e. The van der Waals surface area contributed by atoms with Crippen LogP contribution in [0.2, 0.25) is 15.2 Å². The van der Waals surface area contributed by atoms with E-state index in [2.05, 4.69) is 15.5 Å². The predicted octanol–water partition coefficient (Wildman–Crippen LogP) is 3.38. The average Bonchev–Trinajstić information content (AvgIpc) is 2.51. The maximum Gasteiger partial charge on any atom is 0.150 e. The van der Waals surface area contributed by atoms with Gasteiger partial charge in [-0.25, -0.2) is 9.37 Å². The molecule has 0 amide bonds. The number of rotatable bonds is 4. The summed E-state index contributed by atoms with van der Waals surface area (Å²) in [6, 6.07) is 5.63. The largest absolute Gasteiger partial charge is 0.543 e. The van der Waals surface area contributed by atoms with Crippen molar-refractivity contribution in [3.05, 3.63) is 56.5 Å². The highest BCUT2D eigenvalue weighted by molar-refractivity contribution is 6.46. The fourth-order valence-electron chi connectivity index (χ4n) is 1.64. The number of benzene rings is 1. The molecule has 1 heterocycles. The highest BCUT2D eigenvalue weighted by Gasteiger charge is 2.17. The Kier molecular flexibility index (Phi) is 5.41. The van der Waals surface area contributed by atoms with Crippen molar-refractivity contribution in [3.8, 4) is 0 Å². The fourth-order valence-corrected chi connectivity index (χ4v) is 2.31. The minimum absolute atomic E-state index is 0.0194. The minimum atomic E-state index is -1.60. The van der Waals surface area contributed by atoms with Crippen molar-refractivity contribution in [2.45, 2.75) is 6.92 Å². The molecule has 1 aromatic heterocycles. The molecule has 0 bridgehead atoms. The van der Waals surface area contributed by atoms with Gasteiger partial charge in [0.2, 0.25) is 0 Å². The van der Waals surface area contributed by atoms with E-state index in [-0.39, 0.29) is 26.7 Å². The van der Waals surface area contributed by atoms with Crippen molar-refractivity contribution < 1.29 is 14.3 Å². The molecule has 0 fully saturated rings. The smallest absolute Gasteiger partial charge is 0.150 e. The molecular formula is C14H8Cl3FN3O2-. The van der Waals surface area contributed by atoms with E-state index >= 15 is 0 Å². The Balaban J connectivity index is 2.38. The first-order valence-electron chi connectivity index (χ1n) is 6.13. The summed E-state index contributed by atoms with van der Waals surface area (Å²) in [5, 5.41) is 14.4. The molecule has 5 nitrogen and oxygen atoms in total. The number of hydrazone groups is 1. The van der Waals surface area contributed by atoms with Crippen molar-refractivity contribution >= 4 is 52.2 Å². The number of aromatic carboxylic acids is 1. The SMILES string of the molecule is C/C(=N/Nc1c(Cl)c(Cl)nc(C(=O)[O-])c1Cl)c1ccc(F)cc1. The van der Waals surface area contributed by atoms with Crippen LogP contribution in [0.3, 0.4) is 0 Å². The number of hydrogen-bond acceptors (Lipinski definition) is 5. The van der Waals surface area contributed by atoms with Gasteiger partial charge < -0.3 is 9.90 Å². The number of pyridine rings is 1. The first kappa shape index (κ1) is 17.5. The Labute approximate surface area is 145 Å². The molecule has 0 unspecified atom stereocenters. The zero-order valence-corrected chi connectivity index (χ0v) is 13.8. The van der Waals surface area contributed by atoms with Gasteiger partial charge in [0, 0.05) is 0 Å². The van der Waals surface area contributed by atoms with Crippen LogP contribution < -0.4 is 10.5 Å². The van der Waals surface area contributed by atoms with E-state index in [0.717, 1.165) is 0 Å². The summed E-state index contributed by atoms with van der Waals surface area (Å²) in [6.45, 7) is 1.66. The molecule has 120 valence electrons. The Morgan fingerprint density at radius 2 is 1.83 bits per heavy atom. The second kappa shape index (κ2) is 7.12. The number of aromatic nitrogens is 1. The Hall–Kier alpha value is -1.89. The number of halogens is 4. The third-order valence-corrected chi connectivity index (χ3v) is 3.93. The number of carbonyl (C=O) groups is 1. The molecule has 1 aromatic carbocycles. The van der Waals surface area contributed by atoms with Crippen LogP contribution in [0, 0.1) is 5.82 Å². The summed E-state index contributed by atoms with van der Waals surface area (Å²) in [6.07, 6.45) is 0. The second-order valence-corrected chi connectivity index (χ2v) is 5.47. The Bertz CT molecular complexity index is 795. The zero-order valence-electron chi connectivity index (χ0n) is 11.5. The van der Waals surface area contributed by atoms with Crippen LogP contribution in [0.5, 0.6) is 0 Å². The molecule has 0 radical (unpaired) electrons. The lowest BCUT2D eigenvalue weighted by molar-refractivity contribution is -0.255. The molecule has 2 rings (SSSR count). The number of nitrogens with one attached hydrogen (secondary N) is 1. The summed E-state index contributed by atoms with van der Waals surface area (Å²) in [4.78, 5) is 14.5. The molecule has 9 heteroatoms. The molecule has 0 saturated carbocycles. The number of carboxylic acids is 1. The molecule has 23 heavy (non-hydrogen) atoms. The van der Waals surface area contributed by atoms with E-state index in [1.165, 1.54) is 24.3 Å². The second-order valence-electron chi connectivity index (χ2n) is 4.36. The topological polar surface area (TPSA) is 77.4 Å². The zero-order chi connectivity index (χ0) is 17.1. The highest BCUT2D eigenvalue weighted by atomic mass is 35.5. The third kappa shape index (κ3) is 3.90. The monoisotopic (exact) mass is 374 g/mol. The number of nitrogens with zero attached hydrogens (tertiary/aromatic N) is 2. The molecule has 0 aliphatic carbocycles. The van der Waals surface area contributed by atoms with Crippen molar-refractivity contribution in [2.75, 3.05) is 5.43 Å². The van der Waals surface area contributed by atoms with Crippen LogP contribution in [0.25, 0.3) is 0 Å². The molecule has 0 saturated heterocycles. The van der Waals surface area contributed by atoms with Crippen LogP contribution in [-0.4, -0.2) is 16.7 Å². The van der Waals surface area contributed by atoms with Crippen LogP contribution in [-0.2, 0) is 0 Å². The summed E-state index contributed by atoms with van der Waals surface area (Å²) in [5.74, 6) is -1.98. The average molecular weight is 376 g/mol. The van der Waals surface area contributed by atoms with E-state index < -0.39 is 11.7 Å². The van der Waals surface area contributed by atoms with Gasteiger partial charge in [0.15, 0.2) is 5.15 Å². The van der Waals surface area contributed by atoms with Gasteiger partial charge in [0.05, 0.1) is 22.4 Å². The summed E-state index contributed by atoms with van der Waals surface area (Å²) in [5.41, 5.74) is 3.10. The normalized spacial score (nSPS) is 11.4. The quantitative estimate of drug-likeness (QED) is 0.505. The Morgan fingerprint density at radius 1 is 1.22 bits per heavy atom. The van der Waals surface area contributed by atoms with Crippen molar-refractivity contribution in [1.29, 1.82) is 0 Å². The van der Waals surface area contributed by atoms with Crippen LogP contribution >= 0.6 is 34.8 Å². The third-order valence-electron chi connectivity index (χ3n) is 2.83. The van der Waals surface area contributed by atoms with Gasteiger partial charge in [-0.15, -0.1) is 0 Å². The number of carboxylic acid groups (broad SMARTS) is 1. The lowest BCUT2D eigenvalue weighted by Gasteiger charge is -2.12. The number of carbonyl (C=O) groups excluding carboxylic acids is 1. The van der Waals surface area contributed by atoms with E-state index in [0.29, 0.717) is 11.3 Å². The standard InChI is InChI=1S/C14H9Cl3FN3O2/c1-6(7-2-4-8(18)5-3-7)20-21-11-9(15)12(14(22)23)19-13(17)10(11)16/h2-5H,1H3,(H,19,21)(H,22,23)/p-1/b20-6-. The van der Waals surface area contributed by atoms with Crippen molar-refractivity contribution in [3.63, 3.8) is 0 Å². The highest BCUT2D eigenvalue weighted by Crippen LogP contribution is 2.36. The molecule has 0 spiro atoms. The lowest BCUT2D eigenvalue weighted by atomic mass is 10.1. The predicted molar refractivity (Wildman–Crippen MR) is 85.8 cm³/mol. The van der Waals surface area contributed by atoms with E-state index in [4.69, 9.17) is 34.8 Å². The van der Waals surface area contributed by atoms with Gasteiger partial charge in [-0.3, -0.25) is 5.43 Å². The maximum atomic E-state index is 12.9. The van der Waals surface area contributed by atoms with Gasteiger partial charge in [0.25, 0.3) is 0 Å². The van der Waals surface area contributed by atoms with Crippen LogP contribution in [0.4, 0.5) is 10.1 Å². The van der Waals surface area contributed by atoms with Crippen molar-refractivity contribution in [1.82, 2.24) is 4.98 Å². The molecule has 0 atom stereocenters. The van der Waals surface area contributed by atoms with E-state index in [9.17, 15) is 14.3 Å². The lowest BCUT2D eigenvalue weighted by Crippen LogP contribution is -2.24. The summed E-state index contributed by atoms with van der Waals surface area (Å²) in [7, 11) is 0. The summed E-state index contributed by atoms with van der Waals surface area (Å²) < 4.78 is 12.9. The molecule has 1 N–H and O–H groups in total. The molecular weight excluding hydrogens is 368 g/mol. The van der Waals surface area contributed by atoms with Gasteiger partial charge in [-0.05, 0) is 24.6 Å². The van der Waals surface area contributed by atoms with E-state index in [1.54, 1.807) is 6.92 Å². The van der Waals surface area contributed by atoms with Gasteiger partial charge in [-0.1, -0.05) is 46.9 Å². The number of hydrogen-bond donors (Lipinski definition) is 1. The van der Waals surface area contributed by atoms with E-state index in [1.807, 2.05) is 0 Å². The van der Waals surface area contributed by atoms with Crippen molar-refractivity contribution in [2.24, 2.45) is 5.10 Å². The van der Waals surface area contributed by atoms with Crippen LogP contribution in [0.1, 0.15) is 23.0 Å². The fraction of sp³-hybridized carbons (Fsp3) is 0.0714.